The summed E-state index contributed by atoms with van der Waals surface area (Å²) in [6.07, 6.45) is 0.543. The molecule has 3 rings (SSSR count). The van der Waals surface area contributed by atoms with Crippen molar-refractivity contribution in [2.75, 3.05) is 0 Å². The van der Waals surface area contributed by atoms with Crippen LogP contribution in [0.1, 0.15) is 20.9 Å². The Hall–Kier alpha value is -3.05. The first-order chi connectivity index (χ1) is 11.6. The van der Waals surface area contributed by atoms with Crippen LogP contribution < -0.4 is 4.74 Å². The van der Waals surface area contributed by atoms with Gasteiger partial charge in [0.25, 0.3) is 0 Å². The van der Waals surface area contributed by atoms with E-state index in [2.05, 4.69) is 0 Å². The van der Waals surface area contributed by atoms with Crippen molar-refractivity contribution in [3.8, 4) is 22.8 Å². The topological polar surface area (TPSA) is 76.7 Å². The van der Waals surface area contributed by atoms with Crippen LogP contribution in [0.4, 0.5) is 0 Å². The highest BCUT2D eigenvalue weighted by Crippen LogP contribution is 2.40. The molecule has 0 atom stereocenters. The van der Waals surface area contributed by atoms with Crippen LogP contribution in [-0.2, 0) is 0 Å². The number of halogens is 1. The maximum absolute atomic E-state index is 12.1. The molecule has 0 aliphatic heterocycles. The zero-order chi connectivity index (χ0) is 17.1. The van der Waals surface area contributed by atoms with Gasteiger partial charge in [-0.3, -0.25) is 4.79 Å². The summed E-state index contributed by atoms with van der Waals surface area (Å²) in [7, 11) is 0. The van der Waals surface area contributed by atoms with E-state index in [0.717, 1.165) is 0 Å². The Morgan fingerprint density at radius 1 is 1.12 bits per heavy atom. The van der Waals surface area contributed by atoms with Gasteiger partial charge in [0.1, 0.15) is 5.76 Å². The number of ether oxygens (including phenoxy) is 1. The fourth-order valence-electron chi connectivity index (χ4n) is 2.13. The van der Waals surface area contributed by atoms with Crippen molar-refractivity contribution in [2.45, 2.75) is 0 Å². The van der Waals surface area contributed by atoms with Gasteiger partial charge < -0.3 is 14.3 Å². The second-order valence-corrected chi connectivity index (χ2v) is 5.31. The summed E-state index contributed by atoms with van der Waals surface area (Å²) in [4.78, 5) is 22.9. The molecule has 24 heavy (non-hydrogen) atoms. The Labute approximate surface area is 142 Å². The van der Waals surface area contributed by atoms with E-state index in [4.69, 9.17) is 20.8 Å². The lowest BCUT2D eigenvalue weighted by molar-refractivity contribution is 0.0729. The quantitative estimate of drug-likeness (QED) is 0.433. The third-order valence-corrected chi connectivity index (χ3v) is 3.48. The van der Waals surface area contributed by atoms with Crippen LogP contribution in [0.15, 0.2) is 59.0 Å². The largest absolute Gasteiger partial charge is 0.504 e. The van der Waals surface area contributed by atoms with Gasteiger partial charge in [0.2, 0.25) is 0 Å². The van der Waals surface area contributed by atoms with Gasteiger partial charge in [0.15, 0.2) is 23.5 Å². The van der Waals surface area contributed by atoms with E-state index in [1.54, 1.807) is 30.3 Å². The average Bonchev–Trinajstić information content (AvgIpc) is 3.07. The first-order valence-corrected chi connectivity index (χ1v) is 7.31. The van der Waals surface area contributed by atoms with Gasteiger partial charge in [-0.05, 0) is 30.3 Å². The molecule has 120 valence electrons. The molecule has 0 spiro atoms. The highest BCUT2D eigenvalue weighted by Gasteiger charge is 2.18. The number of rotatable bonds is 4. The lowest BCUT2D eigenvalue weighted by Crippen LogP contribution is -2.08. The molecule has 1 heterocycles. The van der Waals surface area contributed by atoms with E-state index in [9.17, 15) is 14.7 Å². The SMILES string of the molecule is O=Cc1ccc(-c2cc(Cl)cc(OC(=O)c3ccccc3)c2O)o1. The Morgan fingerprint density at radius 2 is 1.88 bits per heavy atom. The van der Waals surface area contributed by atoms with Crippen molar-refractivity contribution in [3.05, 3.63) is 70.9 Å². The van der Waals surface area contributed by atoms with Crippen molar-refractivity contribution in [1.82, 2.24) is 0 Å². The smallest absolute Gasteiger partial charge is 0.343 e. The molecule has 1 aromatic heterocycles. The van der Waals surface area contributed by atoms with Gasteiger partial charge in [0.05, 0.1) is 11.1 Å². The normalized spacial score (nSPS) is 10.4. The van der Waals surface area contributed by atoms with Crippen LogP contribution in [0.3, 0.4) is 0 Å². The van der Waals surface area contributed by atoms with Gasteiger partial charge in [-0.2, -0.15) is 0 Å². The number of benzene rings is 2. The molecule has 3 aromatic rings. The summed E-state index contributed by atoms with van der Waals surface area (Å²) in [5, 5.41) is 10.6. The Morgan fingerprint density at radius 3 is 2.54 bits per heavy atom. The van der Waals surface area contributed by atoms with E-state index in [1.807, 2.05) is 0 Å². The van der Waals surface area contributed by atoms with E-state index in [0.29, 0.717) is 11.8 Å². The monoisotopic (exact) mass is 342 g/mol. The fourth-order valence-corrected chi connectivity index (χ4v) is 2.34. The highest BCUT2D eigenvalue weighted by molar-refractivity contribution is 6.31. The number of carbonyl (C=O) groups is 2. The fraction of sp³-hybridized carbons (Fsp3) is 0. The average molecular weight is 343 g/mol. The van der Waals surface area contributed by atoms with Gasteiger partial charge >= 0.3 is 5.97 Å². The molecule has 0 fully saturated rings. The molecular weight excluding hydrogens is 332 g/mol. The first-order valence-electron chi connectivity index (χ1n) is 6.93. The van der Waals surface area contributed by atoms with Crippen LogP contribution in [0.2, 0.25) is 5.02 Å². The maximum atomic E-state index is 12.1. The van der Waals surface area contributed by atoms with Gasteiger partial charge in [-0.15, -0.1) is 0 Å². The van der Waals surface area contributed by atoms with Crippen molar-refractivity contribution in [1.29, 1.82) is 0 Å². The van der Waals surface area contributed by atoms with Crippen LogP contribution >= 0.6 is 11.6 Å². The number of hydrogen-bond donors (Lipinski definition) is 1. The van der Waals surface area contributed by atoms with E-state index in [-0.39, 0.29) is 33.6 Å². The summed E-state index contributed by atoms with van der Waals surface area (Å²) in [5.74, 6) is -0.709. The minimum Gasteiger partial charge on any atom is -0.504 e. The standard InChI is InChI=1S/C18H11ClO5/c19-12-8-14(15-7-6-13(10-20)23-15)17(21)16(9-12)24-18(22)11-4-2-1-3-5-11/h1-10,21H. The number of furan rings is 1. The molecule has 1 N–H and O–H groups in total. The summed E-state index contributed by atoms with van der Waals surface area (Å²) in [5.41, 5.74) is 0.547. The predicted octanol–water partition coefficient (Wildman–Crippen LogP) is 4.34. The van der Waals surface area contributed by atoms with Crippen LogP contribution in [-0.4, -0.2) is 17.4 Å². The van der Waals surface area contributed by atoms with Gasteiger partial charge in [0, 0.05) is 11.1 Å². The number of hydrogen-bond acceptors (Lipinski definition) is 5. The minimum absolute atomic E-state index is 0.101. The molecule has 0 aliphatic rings. The highest BCUT2D eigenvalue weighted by atomic mass is 35.5. The van der Waals surface area contributed by atoms with Crippen molar-refractivity contribution in [3.63, 3.8) is 0 Å². The van der Waals surface area contributed by atoms with Crippen molar-refractivity contribution in [2.24, 2.45) is 0 Å². The molecule has 0 saturated heterocycles. The number of aromatic hydroxyl groups is 1. The summed E-state index contributed by atoms with van der Waals surface area (Å²) in [6.45, 7) is 0. The molecule has 0 aliphatic carbocycles. The number of phenolic OH excluding ortho intramolecular Hbond substituents is 1. The molecule has 5 nitrogen and oxygen atoms in total. The number of esters is 1. The molecule has 2 aromatic carbocycles. The molecule has 0 unspecified atom stereocenters. The van der Waals surface area contributed by atoms with Crippen LogP contribution in [0.25, 0.3) is 11.3 Å². The summed E-state index contributed by atoms with van der Waals surface area (Å²) < 4.78 is 10.5. The lowest BCUT2D eigenvalue weighted by atomic mass is 10.1. The molecule has 0 saturated carbocycles. The zero-order valence-electron chi connectivity index (χ0n) is 12.2. The molecule has 0 bridgehead atoms. The number of phenols is 1. The second-order valence-electron chi connectivity index (χ2n) is 4.88. The second kappa shape index (κ2) is 6.60. The molecular formula is C18H11ClO5. The molecule has 0 radical (unpaired) electrons. The van der Waals surface area contributed by atoms with Gasteiger partial charge in [-0.1, -0.05) is 29.8 Å². The van der Waals surface area contributed by atoms with Crippen molar-refractivity contribution >= 4 is 23.9 Å². The Bertz CT molecular complexity index is 899. The number of carbonyl (C=O) groups excluding carboxylic acids is 2. The third kappa shape index (κ3) is 3.16. The molecule has 0 amide bonds. The molecule has 6 heteroatoms. The third-order valence-electron chi connectivity index (χ3n) is 3.26. The van der Waals surface area contributed by atoms with Crippen molar-refractivity contribution < 1.29 is 23.8 Å². The van der Waals surface area contributed by atoms with Crippen LogP contribution in [0, 0.1) is 0 Å². The van der Waals surface area contributed by atoms with E-state index >= 15 is 0 Å². The van der Waals surface area contributed by atoms with Gasteiger partial charge in [-0.25, -0.2) is 4.79 Å². The number of aldehydes is 1. The van der Waals surface area contributed by atoms with E-state index in [1.165, 1.54) is 24.3 Å². The zero-order valence-corrected chi connectivity index (χ0v) is 13.0. The summed E-state index contributed by atoms with van der Waals surface area (Å²) >= 11 is 6.03. The summed E-state index contributed by atoms with van der Waals surface area (Å²) in [6, 6.07) is 14.1. The van der Waals surface area contributed by atoms with E-state index < -0.39 is 5.97 Å². The Kier molecular flexibility index (Phi) is 4.35. The van der Waals surface area contributed by atoms with Crippen LogP contribution in [0.5, 0.6) is 11.5 Å². The lowest BCUT2D eigenvalue weighted by Gasteiger charge is -2.10. The maximum Gasteiger partial charge on any atom is 0.343 e. The Balaban J connectivity index is 1.97. The predicted molar refractivity (Wildman–Crippen MR) is 87.6 cm³/mol. The minimum atomic E-state index is -0.632. The first kappa shape index (κ1) is 15.8.